The standard InChI is InChI=1S/C33H28FN3O3S/c34-28-17-6-4-13-25(28)20-29(36-32(39)24-11-2-1-3-12-24)33(40)35-26-15-8-16-27(21-26)41-22-31(38)37-19-9-14-23-10-5-7-18-30(23)37/h1-8,10-13,15-18,20-21H,9,14,19,22H2,(H,35,40)(H,36,39)/b29-20-. The molecule has 0 fully saturated rings. The second-order valence-corrected chi connectivity index (χ2v) is 10.5. The van der Waals surface area contributed by atoms with Crippen LogP contribution in [0, 0.1) is 5.82 Å². The van der Waals surface area contributed by atoms with Crippen LogP contribution < -0.4 is 15.5 Å². The van der Waals surface area contributed by atoms with E-state index in [1.807, 2.05) is 29.2 Å². The van der Waals surface area contributed by atoms with E-state index in [1.165, 1.54) is 35.5 Å². The van der Waals surface area contributed by atoms with Gasteiger partial charge < -0.3 is 15.5 Å². The van der Waals surface area contributed by atoms with Crippen molar-refractivity contribution in [2.45, 2.75) is 17.7 Å². The second kappa shape index (κ2) is 13.1. The number of hydrogen-bond donors (Lipinski definition) is 2. The quantitative estimate of drug-likeness (QED) is 0.194. The molecule has 0 bridgehead atoms. The maximum absolute atomic E-state index is 14.4. The van der Waals surface area contributed by atoms with Crippen molar-refractivity contribution in [1.82, 2.24) is 5.32 Å². The van der Waals surface area contributed by atoms with Crippen molar-refractivity contribution in [3.63, 3.8) is 0 Å². The summed E-state index contributed by atoms with van der Waals surface area (Å²) in [7, 11) is 0. The van der Waals surface area contributed by atoms with E-state index in [-0.39, 0.29) is 22.9 Å². The molecule has 41 heavy (non-hydrogen) atoms. The first-order chi connectivity index (χ1) is 20.0. The molecule has 0 spiro atoms. The van der Waals surface area contributed by atoms with Gasteiger partial charge in [0.15, 0.2) is 0 Å². The van der Waals surface area contributed by atoms with Crippen molar-refractivity contribution >= 4 is 46.9 Å². The molecular weight excluding hydrogens is 537 g/mol. The van der Waals surface area contributed by atoms with E-state index in [4.69, 9.17) is 0 Å². The molecule has 1 aliphatic heterocycles. The first-order valence-electron chi connectivity index (χ1n) is 13.2. The molecule has 0 aromatic heterocycles. The minimum Gasteiger partial charge on any atom is -0.321 e. The molecule has 1 aliphatic rings. The second-order valence-electron chi connectivity index (χ2n) is 9.45. The van der Waals surface area contributed by atoms with Crippen LogP contribution in [0.2, 0.25) is 0 Å². The zero-order valence-electron chi connectivity index (χ0n) is 22.2. The van der Waals surface area contributed by atoms with Crippen molar-refractivity contribution in [2.75, 3.05) is 22.5 Å². The SMILES string of the molecule is O=C(Nc1cccc(SCC(=O)N2CCCc3ccccc32)c1)/C(=C/c1ccccc1F)NC(=O)c1ccccc1. The topological polar surface area (TPSA) is 78.5 Å². The molecule has 6 nitrogen and oxygen atoms in total. The third-order valence-electron chi connectivity index (χ3n) is 6.60. The van der Waals surface area contributed by atoms with Crippen LogP contribution in [0.4, 0.5) is 15.8 Å². The lowest BCUT2D eigenvalue weighted by Gasteiger charge is -2.29. The van der Waals surface area contributed by atoms with Crippen LogP contribution in [-0.2, 0) is 16.0 Å². The minimum absolute atomic E-state index is 0.0234. The predicted octanol–water partition coefficient (Wildman–Crippen LogP) is 6.31. The number of nitrogens with one attached hydrogen (secondary N) is 2. The normalized spacial score (nSPS) is 12.8. The summed E-state index contributed by atoms with van der Waals surface area (Å²) in [5.41, 5.74) is 3.04. The van der Waals surface area contributed by atoms with E-state index < -0.39 is 17.6 Å². The number of amides is 3. The summed E-state index contributed by atoms with van der Waals surface area (Å²) >= 11 is 1.38. The average Bonchev–Trinajstić information content (AvgIpc) is 3.01. The van der Waals surface area contributed by atoms with Gasteiger partial charge in [-0.1, -0.05) is 60.7 Å². The Labute approximate surface area is 242 Å². The Kier molecular flexibility index (Phi) is 8.91. The molecule has 0 atom stereocenters. The summed E-state index contributed by atoms with van der Waals surface area (Å²) in [5, 5.41) is 5.41. The van der Waals surface area contributed by atoms with Crippen molar-refractivity contribution in [1.29, 1.82) is 0 Å². The van der Waals surface area contributed by atoms with E-state index >= 15 is 0 Å². The summed E-state index contributed by atoms with van der Waals surface area (Å²) < 4.78 is 14.4. The highest BCUT2D eigenvalue weighted by molar-refractivity contribution is 8.00. The molecule has 2 N–H and O–H groups in total. The van der Waals surface area contributed by atoms with Gasteiger partial charge in [0.1, 0.15) is 11.5 Å². The highest BCUT2D eigenvalue weighted by Gasteiger charge is 2.22. The van der Waals surface area contributed by atoms with Gasteiger partial charge in [0.25, 0.3) is 11.8 Å². The third kappa shape index (κ3) is 7.10. The lowest BCUT2D eigenvalue weighted by molar-refractivity contribution is -0.116. The molecule has 0 radical (unpaired) electrons. The number of carbonyl (C=O) groups is 3. The number of carbonyl (C=O) groups excluding carboxylic acids is 3. The van der Waals surface area contributed by atoms with Crippen LogP contribution in [-0.4, -0.2) is 30.0 Å². The summed E-state index contributed by atoms with van der Waals surface area (Å²) in [6.07, 6.45) is 3.20. The van der Waals surface area contributed by atoms with Crippen molar-refractivity contribution in [3.8, 4) is 0 Å². The van der Waals surface area contributed by atoms with E-state index in [0.717, 1.165) is 23.4 Å². The Bertz CT molecular complexity index is 1610. The van der Waals surface area contributed by atoms with Gasteiger partial charge in [0.05, 0.1) is 5.75 Å². The fourth-order valence-corrected chi connectivity index (χ4v) is 5.40. The average molecular weight is 566 g/mol. The van der Waals surface area contributed by atoms with Gasteiger partial charge >= 0.3 is 0 Å². The molecule has 3 amide bonds. The highest BCUT2D eigenvalue weighted by Crippen LogP contribution is 2.29. The van der Waals surface area contributed by atoms with E-state index in [0.29, 0.717) is 17.8 Å². The minimum atomic E-state index is -0.610. The Balaban J connectivity index is 1.29. The zero-order valence-corrected chi connectivity index (χ0v) is 23.0. The number of nitrogens with zero attached hydrogens (tertiary/aromatic N) is 1. The summed E-state index contributed by atoms with van der Waals surface area (Å²) in [5.74, 6) is -1.36. The monoisotopic (exact) mass is 565 g/mol. The summed E-state index contributed by atoms with van der Waals surface area (Å²) in [6, 6.07) is 29.6. The number of aryl methyl sites for hydroxylation is 1. The third-order valence-corrected chi connectivity index (χ3v) is 7.58. The summed E-state index contributed by atoms with van der Waals surface area (Å²) in [6.45, 7) is 0.693. The van der Waals surface area contributed by atoms with Crippen molar-refractivity contribution < 1.29 is 18.8 Å². The molecule has 4 aromatic rings. The molecular formula is C33H28FN3O3S. The van der Waals surface area contributed by atoms with Crippen LogP contribution in [0.5, 0.6) is 0 Å². The number of para-hydroxylation sites is 1. The van der Waals surface area contributed by atoms with E-state index in [9.17, 15) is 18.8 Å². The van der Waals surface area contributed by atoms with Crippen LogP contribution >= 0.6 is 11.8 Å². The molecule has 5 rings (SSSR count). The Hall–Kier alpha value is -4.69. The molecule has 4 aromatic carbocycles. The number of hydrogen-bond acceptors (Lipinski definition) is 4. The Morgan fingerprint density at radius 3 is 2.46 bits per heavy atom. The first-order valence-corrected chi connectivity index (χ1v) is 14.2. The van der Waals surface area contributed by atoms with Gasteiger partial charge in [-0.3, -0.25) is 14.4 Å². The van der Waals surface area contributed by atoms with Gasteiger partial charge in [-0.05, 0) is 66.9 Å². The number of benzene rings is 4. The molecule has 0 aliphatic carbocycles. The Morgan fingerprint density at radius 2 is 1.63 bits per heavy atom. The van der Waals surface area contributed by atoms with Crippen LogP contribution in [0.25, 0.3) is 6.08 Å². The largest absolute Gasteiger partial charge is 0.321 e. The fraction of sp³-hybridized carbons (Fsp3) is 0.121. The van der Waals surface area contributed by atoms with Gasteiger partial charge in [-0.25, -0.2) is 4.39 Å². The fourth-order valence-electron chi connectivity index (χ4n) is 4.57. The van der Waals surface area contributed by atoms with Gasteiger partial charge in [0.2, 0.25) is 5.91 Å². The summed E-state index contributed by atoms with van der Waals surface area (Å²) in [4.78, 5) is 41.8. The smallest absolute Gasteiger partial charge is 0.272 e. The molecule has 1 heterocycles. The van der Waals surface area contributed by atoms with Crippen molar-refractivity contribution in [2.24, 2.45) is 0 Å². The number of rotatable bonds is 8. The lowest BCUT2D eigenvalue weighted by atomic mass is 10.0. The lowest BCUT2D eigenvalue weighted by Crippen LogP contribution is -2.36. The van der Waals surface area contributed by atoms with Crippen LogP contribution in [0.1, 0.15) is 27.9 Å². The van der Waals surface area contributed by atoms with E-state index in [1.54, 1.807) is 60.7 Å². The van der Waals surface area contributed by atoms with Crippen molar-refractivity contribution in [3.05, 3.63) is 131 Å². The maximum atomic E-state index is 14.4. The molecule has 0 saturated carbocycles. The van der Waals surface area contributed by atoms with E-state index in [2.05, 4.69) is 16.7 Å². The van der Waals surface area contributed by atoms with Gasteiger partial charge in [-0.15, -0.1) is 11.8 Å². The van der Waals surface area contributed by atoms with Gasteiger partial charge in [0, 0.05) is 33.9 Å². The number of halogens is 1. The zero-order chi connectivity index (χ0) is 28.6. The molecule has 0 saturated heterocycles. The molecule has 0 unspecified atom stereocenters. The number of anilines is 2. The maximum Gasteiger partial charge on any atom is 0.272 e. The van der Waals surface area contributed by atoms with Gasteiger partial charge in [-0.2, -0.15) is 0 Å². The predicted molar refractivity (Wildman–Crippen MR) is 161 cm³/mol. The Morgan fingerprint density at radius 1 is 0.878 bits per heavy atom. The first kappa shape index (κ1) is 27.9. The molecule has 206 valence electrons. The number of thioether (sulfide) groups is 1. The number of fused-ring (bicyclic) bond motifs is 1. The highest BCUT2D eigenvalue weighted by atomic mass is 32.2. The molecule has 8 heteroatoms. The van der Waals surface area contributed by atoms with Crippen LogP contribution in [0.15, 0.2) is 114 Å². The van der Waals surface area contributed by atoms with Crippen LogP contribution in [0.3, 0.4) is 0 Å².